The number of unbranched alkanes of at least 4 members (excludes halogenated alkanes) is 1. The summed E-state index contributed by atoms with van der Waals surface area (Å²) in [4.78, 5) is 52.2. The number of ether oxygens (including phenoxy) is 1. The Balaban J connectivity index is 3.39. The van der Waals surface area contributed by atoms with Gasteiger partial charge in [-0.1, -0.05) is 44.5 Å². The lowest BCUT2D eigenvalue weighted by Crippen LogP contribution is -2.54. The molecule has 4 amide bonds. The van der Waals surface area contributed by atoms with Gasteiger partial charge in [0.2, 0.25) is 17.7 Å². The Bertz CT molecular complexity index is 866. The maximum Gasteiger partial charge on any atom is 0.408 e. The molecule has 0 bridgehead atoms. The summed E-state index contributed by atoms with van der Waals surface area (Å²) in [5, 5.41) is 15.2. The number of nitrogens with two attached hydrogens (primary N) is 1. The first-order chi connectivity index (χ1) is 16.9. The predicted octanol–water partition coefficient (Wildman–Crippen LogP) is 2.19. The molecule has 0 aliphatic rings. The van der Waals surface area contributed by atoms with Crippen molar-refractivity contribution in [1.29, 1.82) is 0 Å². The number of carbonyl (C=O) groups is 4. The van der Waals surface area contributed by atoms with E-state index in [4.69, 9.17) is 10.5 Å². The Morgan fingerprint density at radius 3 is 2.25 bits per heavy atom. The summed E-state index contributed by atoms with van der Waals surface area (Å²) in [5.74, 6) is -1.68. The van der Waals surface area contributed by atoms with Crippen molar-refractivity contribution in [2.45, 2.75) is 84.4 Å². The minimum Gasteiger partial charge on any atom is -0.444 e. The molecule has 0 saturated carbocycles. The van der Waals surface area contributed by atoms with Crippen molar-refractivity contribution in [1.82, 2.24) is 15.5 Å². The Hall–Kier alpha value is -3.14. The van der Waals surface area contributed by atoms with Gasteiger partial charge in [-0.15, -0.1) is 0 Å². The van der Waals surface area contributed by atoms with Crippen LogP contribution in [0.3, 0.4) is 0 Å². The largest absolute Gasteiger partial charge is 0.444 e. The number of nitrogens with zero attached hydrogens (tertiary/aromatic N) is 1. The van der Waals surface area contributed by atoms with E-state index in [0.717, 1.165) is 24.8 Å². The zero-order valence-corrected chi connectivity index (χ0v) is 22.1. The molecule has 5 N–H and O–H groups in total. The lowest BCUT2D eigenvalue weighted by Gasteiger charge is -2.34. The van der Waals surface area contributed by atoms with Crippen molar-refractivity contribution < 1.29 is 29.0 Å². The smallest absolute Gasteiger partial charge is 0.408 e. The number of alkyl carbamates (subject to hydrolysis) is 1. The number of hydrogen-bond acceptors (Lipinski definition) is 6. The average molecular weight is 507 g/mol. The topological polar surface area (TPSA) is 151 Å². The molecule has 2 unspecified atom stereocenters. The molecule has 36 heavy (non-hydrogen) atoms. The quantitative estimate of drug-likeness (QED) is 0.284. The minimum absolute atomic E-state index is 0.0890. The molecule has 0 aliphatic heterocycles. The van der Waals surface area contributed by atoms with Gasteiger partial charge < -0.3 is 31.1 Å². The molecule has 0 radical (unpaired) electrons. The Morgan fingerprint density at radius 1 is 1.11 bits per heavy atom. The highest BCUT2D eigenvalue weighted by Gasteiger charge is 2.36. The van der Waals surface area contributed by atoms with E-state index < -0.39 is 48.1 Å². The number of aryl methyl sites for hydroxylation is 1. The number of nitrogens with one attached hydrogen (secondary N) is 2. The molecule has 1 rings (SSSR count). The molecular formula is C26H42N4O6. The molecule has 10 nitrogen and oxygen atoms in total. The number of primary amides is 1. The van der Waals surface area contributed by atoms with Gasteiger partial charge in [-0.05, 0) is 51.2 Å². The van der Waals surface area contributed by atoms with Crippen LogP contribution in [-0.4, -0.2) is 65.2 Å². The summed E-state index contributed by atoms with van der Waals surface area (Å²) in [6, 6.07) is 5.07. The highest BCUT2D eigenvalue weighted by Crippen LogP contribution is 2.24. The summed E-state index contributed by atoms with van der Waals surface area (Å²) in [6.07, 6.45) is 1.35. The summed E-state index contributed by atoms with van der Waals surface area (Å²) in [7, 11) is 0. The van der Waals surface area contributed by atoms with Crippen LogP contribution in [0, 0.1) is 0 Å². The maximum atomic E-state index is 13.7. The third-order valence-electron chi connectivity index (χ3n) is 5.39. The first kappa shape index (κ1) is 30.9. The van der Waals surface area contributed by atoms with E-state index in [1.165, 1.54) is 4.90 Å². The molecule has 0 heterocycles. The number of aliphatic hydroxyl groups excluding tert-OH is 1. The van der Waals surface area contributed by atoms with Crippen LogP contribution in [0.4, 0.5) is 4.79 Å². The van der Waals surface area contributed by atoms with Crippen molar-refractivity contribution in [3.05, 3.63) is 35.4 Å². The predicted molar refractivity (Wildman–Crippen MR) is 137 cm³/mol. The number of benzene rings is 1. The lowest BCUT2D eigenvalue weighted by molar-refractivity contribution is -0.143. The number of carbonyl (C=O) groups excluding carboxylic acids is 4. The van der Waals surface area contributed by atoms with Crippen molar-refractivity contribution in [3.8, 4) is 0 Å². The van der Waals surface area contributed by atoms with Gasteiger partial charge >= 0.3 is 6.09 Å². The SMILES string of the molecule is CCCCNC(=O)C(c1ccc(CC)cc1)N(CCO)C(=O)C(CCC(N)=O)NC(=O)OC(C)(C)C. The van der Waals surface area contributed by atoms with Crippen molar-refractivity contribution in [2.75, 3.05) is 19.7 Å². The van der Waals surface area contributed by atoms with Gasteiger partial charge in [0.1, 0.15) is 17.7 Å². The molecule has 0 spiro atoms. The highest BCUT2D eigenvalue weighted by molar-refractivity contribution is 5.92. The molecule has 1 aromatic rings. The van der Waals surface area contributed by atoms with Gasteiger partial charge in [-0.25, -0.2) is 4.79 Å². The first-order valence-electron chi connectivity index (χ1n) is 12.5. The van der Waals surface area contributed by atoms with E-state index in [-0.39, 0.29) is 19.4 Å². The van der Waals surface area contributed by atoms with E-state index in [0.29, 0.717) is 12.1 Å². The van der Waals surface area contributed by atoms with Gasteiger partial charge in [0.15, 0.2) is 0 Å². The maximum absolute atomic E-state index is 13.7. The fourth-order valence-electron chi connectivity index (χ4n) is 3.56. The Morgan fingerprint density at radius 2 is 1.75 bits per heavy atom. The minimum atomic E-state index is -1.19. The third-order valence-corrected chi connectivity index (χ3v) is 5.39. The normalized spacial score (nSPS) is 12.8. The molecule has 0 fully saturated rings. The van der Waals surface area contributed by atoms with Gasteiger partial charge in [0.05, 0.1) is 6.61 Å². The number of hydrogen-bond donors (Lipinski definition) is 4. The molecule has 2 atom stereocenters. The van der Waals surface area contributed by atoms with Crippen LogP contribution in [0.15, 0.2) is 24.3 Å². The third kappa shape index (κ3) is 10.6. The van der Waals surface area contributed by atoms with Crippen LogP contribution < -0.4 is 16.4 Å². The second kappa shape index (κ2) is 15.1. The molecule has 1 aromatic carbocycles. The molecule has 202 valence electrons. The standard InChI is InChI=1S/C26H42N4O6/c1-6-8-15-28-23(33)22(19-11-9-18(7-2)10-12-19)30(16-17-31)24(34)20(13-14-21(27)32)29-25(35)36-26(3,4)5/h9-12,20,22,31H,6-8,13-17H2,1-5H3,(H2,27,32)(H,28,33)(H,29,35). The molecule has 0 aromatic heterocycles. The lowest BCUT2D eigenvalue weighted by atomic mass is 9.99. The van der Waals surface area contributed by atoms with Crippen LogP contribution in [0.5, 0.6) is 0 Å². The fraction of sp³-hybridized carbons (Fsp3) is 0.615. The fourth-order valence-corrected chi connectivity index (χ4v) is 3.56. The van der Waals surface area contributed by atoms with Crippen LogP contribution in [-0.2, 0) is 25.5 Å². The van der Waals surface area contributed by atoms with Crippen LogP contribution >= 0.6 is 0 Å². The van der Waals surface area contributed by atoms with Gasteiger partial charge in [-0.3, -0.25) is 14.4 Å². The first-order valence-corrected chi connectivity index (χ1v) is 12.5. The molecule has 0 aliphatic carbocycles. The molecular weight excluding hydrogens is 464 g/mol. The molecule has 10 heteroatoms. The van der Waals surface area contributed by atoms with E-state index in [9.17, 15) is 24.3 Å². The van der Waals surface area contributed by atoms with E-state index in [1.54, 1.807) is 32.9 Å². The van der Waals surface area contributed by atoms with E-state index in [2.05, 4.69) is 10.6 Å². The zero-order chi connectivity index (χ0) is 27.3. The van der Waals surface area contributed by atoms with Crippen LogP contribution in [0.1, 0.15) is 77.5 Å². The average Bonchev–Trinajstić information content (AvgIpc) is 2.80. The summed E-state index contributed by atoms with van der Waals surface area (Å²) < 4.78 is 5.28. The molecule has 0 saturated heterocycles. The highest BCUT2D eigenvalue weighted by atomic mass is 16.6. The van der Waals surface area contributed by atoms with Crippen LogP contribution in [0.25, 0.3) is 0 Å². The summed E-state index contributed by atoms with van der Waals surface area (Å²) in [6.45, 7) is 8.92. The Labute approximate surface area is 213 Å². The number of amides is 4. The van der Waals surface area contributed by atoms with Gasteiger partial charge in [0, 0.05) is 19.5 Å². The van der Waals surface area contributed by atoms with Gasteiger partial charge in [-0.2, -0.15) is 0 Å². The number of rotatable bonds is 14. The van der Waals surface area contributed by atoms with Crippen molar-refractivity contribution >= 4 is 23.8 Å². The summed E-state index contributed by atoms with van der Waals surface area (Å²) in [5.41, 5.74) is 6.11. The van der Waals surface area contributed by atoms with Crippen LogP contribution in [0.2, 0.25) is 0 Å². The van der Waals surface area contributed by atoms with E-state index in [1.807, 2.05) is 26.0 Å². The van der Waals surface area contributed by atoms with Crippen molar-refractivity contribution in [2.24, 2.45) is 5.73 Å². The van der Waals surface area contributed by atoms with E-state index >= 15 is 0 Å². The van der Waals surface area contributed by atoms with Gasteiger partial charge in [0.25, 0.3) is 0 Å². The number of aliphatic hydroxyl groups is 1. The zero-order valence-electron chi connectivity index (χ0n) is 22.1. The second-order valence-electron chi connectivity index (χ2n) is 9.60. The summed E-state index contributed by atoms with van der Waals surface area (Å²) >= 11 is 0. The van der Waals surface area contributed by atoms with Crippen molar-refractivity contribution in [3.63, 3.8) is 0 Å². The monoisotopic (exact) mass is 506 g/mol. The Kier molecular flexibility index (Phi) is 12.9. The second-order valence-corrected chi connectivity index (χ2v) is 9.60.